The van der Waals surface area contributed by atoms with E-state index in [1.165, 1.54) is 4.88 Å². The van der Waals surface area contributed by atoms with Crippen molar-refractivity contribution in [3.05, 3.63) is 67.6 Å². The molecular weight excluding hydrogens is 412 g/mol. The van der Waals surface area contributed by atoms with Crippen molar-refractivity contribution in [2.45, 2.75) is 33.4 Å². The van der Waals surface area contributed by atoms with E-state index in [1.54, 1.807) is 11.3 Å². The predicted octanol–water partition coefficient (Wildman–Crippen LogP) is 4.03. The lowest BCUT2D eigenvalue weighted by atomic mass is 10.0. The number of thiocarbonyl (C=S) groups is 1. The molecule has 0 saturated heterocycles. The smallest absolute Gasteiger partial charge is 0.253 e. The maximum absolute atomic E-state index is 12.8. The number of pyridine rings is 1. The zero-order valence-electron chi connectivity index (χ0n) is 18.1. The van der Waals surface area contributed by atoms with Gasteiger partial charge in [-0.3, -0.25) is 4.79 Å². The molecule has 0 aliphatic rings. The van der Waals surface area contributed by atoms with Gasteiger partial charge in [-0.2, -0.15) is 0 Å². The minimum Gasteiger partial charge on any atom is -0.363 e. The van der Waals surface area contributed by atoms with Crippen molar-refractivity contribution in [3.8, 4) is 0 Å². The molecule has 30 heavy (non-hydrogen) atoms. The van der Waals surface area contributed by atoms with E-state index in [4.69, 9.17) is 12.2 Å². The molecule has 2 N–H and O–H groups in total. The van der Waals surface area contributed by atoms with E-state index in [1.807, 2.05) is 25.1 Å². The van der Waals surface area contributed by atoms with Gasteiger partial charge < -0.3 is 20.1 Å². The van der Waals surface area contributed by atoms with E-state index >= 15 is 0 Å². The Bertz CT molecular complexity index is 1060. The summed E-state index contributed by atoms with van der Waals surface area (Å²) in [5, 5.41) is 7.20. The van der Waals surface area contributed by atoms with Gasteiger partial charge in [0.1, 0.15) is 0 Å². The molecule has 0 fully saturated rings. The van der Waals surface area contributed by atoms with Gasteiger partial charge >= 0.3 is 0 Å². The zero-order chi connectivity index (χ0) is 21.7. The molecule has 0 aliphatic carbocycles. The van der Waals surface area contributed by atoms with E-state index in [-0.39, 0.29) is 5.56 Å². The van der Waals surface area contributed by atoms with Crippen LogP contribution in [0.2, 0.25) is 0 Å². The van der Waals surface area contributed by atoms with Crippen LogP contribution in [-0.4, -0.2) is 47.1 Å². The van der Waals surface area contributed by atoms with E-state index in [2.05, 4.69) is 58.6 Å². The van der Waals surface area contributed by atoms with Gasteiger partial charge in [0.2, 0.25) is 0 Å². The lowest BCUT2D eigenvalue weighted by Crippen LogP contribution is -2.40. The van der Waals surface area contributed by atoms with E-state index in [0.717, 1.165) is 47.1 Å². The molecular formula is C23H30N4OS2. The average molecular weight is 443 g/mol. The van der Waals surface area contributed by atoms with Crippen molar-refractivity contribution in [1.82, 2.24) is 20.1 Å². The average Bonchev–Trinajstić information content (AvgIpc) is 3.18. The maximum atomic E-state index is 12.8. The van der Waals surface area contributed by atoms with E-state index in [9.17, 15) is 4.79 Å². The van der Waals surface area contributed by atoms with Crippen LogP contribution in [0.25, 0.3) is 10.9 Å². The Morgan fingerprint density at radius 1 is 1.20 bits per heavy atom. The Labute approximate surface area is 187 Å². The fraction of sp³-hybridized carbons (Fsp3) is 0.391. The van der Waals surface area contributed by atoms with Crippen molar-refractivity contribution >= 4 is 39.6 Å². The van der Waals surface area contributed by atoms with Gasteiger partial charge in [0.05, 0.1) is 13.1 Å². The zero-order valence-corrected chi connectivity index (χ0v) is 19.8. The molecule has 0 amide bonds. The molecule has 0 aliphatic heterocycles. The van der Waals surface area contributed by atoms with Gasteiger partial charge in [-0.05, 0) is 87.8 Å². The fourth-order valence-corrected chi connectivity index (χ4v) is 4.48. The molecule has 2 heterocycles. The standard InChI is InChI=1S/C23H30N4OS2/c1-16-11-17(2)20-13-18(22(28)25-21(20)12-16)14-27(15-19-7-5-10-30-19)23(29)24-8-6-9-26(3)4/h5,7,10-13H,6,8-9,14-15H2,1-4H3,(H,24,29)(H,25,28). The highest BCUT2D eigenvalue weighted by atomic mass is 32.1. The number of thiophene rings is 1. The minimum atomic E-state index is -0.0564. The number of nitrogens with zero attached hydrogens (tertiary/aromatic N) is 2. The van der Waals surface area contributed by atoms with Gasteiger partial charge in [-0.25, -0.2) is 0 Å². The number of aromatic amines is 1. The second-order valence-electron chi connectivity index (χ2n) is 7.99. The van der Waals surface area contributed by atoms with Crippen LogP contribution in [0.5, 0.6) is 0 Å². The highest BCUT2D eigenvalue weighted by Gasteiger charge is 2.15. The van der Waals surface area contributed by atoms with Crippen molar-refractivity contribution in [1.29, 1.82) is 0 Å². The first-order valence-corrected chi connectivity index (χ1v) is 11.5. The van der Waals surface area contributed by atoms with Crippen LogP contribution in [0, 0.1) is 13.8 Å². The Balaban J connectivity index is 1.82. The molecule has 0 spiro atoms. The monoisotopic (exact) mass is 442 g/mol. The second kappa shape index (κ2) is 10.2. The van der Waals surface area contributed by atoms with Crippen LogP contribution >= 0.6 is 23.6 Å². The Morgan fingerprint density at radius 2 is 2.00 bits per heavy atom. The second-order valence-corrected chi connectivity index (χ2v) is 9.41. The minimum absolute atomic E-state index is 0.0564. The number of rotatable bonds is 8. The molecule has 0 bridgehead atoms. The van der Waals surface area contributed by atoms with Crippen molar-refractivity contribution in [3.63, 3.8) is 0 Å². The summed E-state index contributed by atoms with van der Waals surface area (Å²) in [5.74, 6) is 0. The third-order valence-corrected chi connectivity index (χ3v) is 6.29. The Hall–Kier alpha value is -2.22. The van der Waals surface area contributed by atoms with Crippen LogP contribution in [0.1, 0.15) is 28.0 Å². The highest BCUT2D eigenvalue weighted by Crippen LogP contribution is 2.20. The van der Waals surface area contributed by atoms with Gasteiger partial charge in [-0.1, -0.05) is 12.1 Å². The molecule has 1 aromatic carbocycles. The van der Waals surface area contributed by atoms with Crippen molar-refractivity contribution in [2.75, 3.05) is 27.2 Å². The summed E-state index contributed by atoms with van der Waals surface area (Å²) in [5.41, 5.74) is 3.86. The Kier molecular flexibility index (Phi) is 7.64. The highest BCUT2D eigenvalue weighted by molar-refractivity contribution is 7.80. The van der Waals surface area contributed by atoms with Crippen molar-refractivity contribution < 1.29 is 0 Å². The molecule has 2 aromatic heterocycles. The number of fused-ring (bicyclic) bond motifs is 1. The summed E-state index contributed by atoms with van der Waals surface area (Å²) in [4.78, 5) is 21.3. The number of benzene rings is 1. The first kappa shape index (κ1) is 22.5. The third-order valence-electron chi connectivity index (χ3n) is 5.02. The van der Waals surface area contributed by atoms with Crippen molar-refractivity contribution in [2.24, 2.45) is 0 Å². The number of hydrogen-bond acceptors (Lipinski definition) is 4. The summed E-state index contributed by atoms with van der Waals surface area (Å²) in [6, 6.07) is 10.3. The quantitative estimate of drug-likeness (QED) is 0.407. The first-order chi connectivity index (χ1) is 14.3. The largest absolute Gasteiger partial charge is 0.363 e. The number of aryl methyl sites for hydroxylation is 2. The van der Waals surface area contributed by atoms with Crippen LogP contribution < -0.4 is 10.9 Å². The normalized spacial score (nSPS) is 11.2. The molecule has 0 saturated carbocycles. The molecule has 7 heteroatoms. The number of aromatic nitrogens is 1. The summed E-state index contributed by atoms with van der Waals surface area (Å²) in [6.07, 6.45) is 1.01. The molecule has 3 aromatic rings. The molecule has 0 unspecified atom stereocenters. The molecule has 160 valence electrons. The lowest BCUT2D eigenvalue weighted by molar-refractivity contribution is 0.385. The number of nitrogens with one attached hydrogen (secondary N) is 2. The van der Waals surface area contributed by atoms with Crippen LogP contribution in [0.3, 0.4) is 0 Å². The predicted molar refractivity (Wildman–Crippen MR) is 131 cm³/mol. The lowest BCUT2D eigenvalue weighted by Gasteiger charge is -2.25. The van der Waals surface area contributed by atoms with Crippen LogP contribution in [0.4, 0.5) is 0 Å². The van der Waals surface area contributed by atoms with Gasteiger partial charge in [0.25, 0.3) is 5.56 Å². The Morgan fingerprint density at radius 3 is 2.70 bits per heavy atom. The van der Waals surface area contributed by atoms with Gasteiger partial charge in [0, 0.05) is 27.9 Å². The molecule has 0 radical (unpaired) electrons. The summed E-state index contributed by atoms with van der Waals surface area (Å²) < 4.78 is 0. The first-order valence-electron chi connectivity index (χ1n) is 10.2. The summed E-state index contributed by atoms with van der Waals surface area (Å²) in [6.45, 7) is 7.09. The van der Waals surface area contributed by atoms with Gasteiger partial charge in [-0.15, -0.1) is 11.3 Å². The topological polar surface area (TPSA) is 51.4 Å². The molecule has 3 rings (SSSR count). The van der Waals surface area contributed by atoms with E-state index in [0.29, 0.717) is 18.2 Å². The molecule has 0 atom stereocenters. The van der Waals surface area contributed by atoms with E-state index < -0.39 is 0 Å². The fourth-order valence-electron chi connectivity index (χ4n) is 3.53. The maximum Gasteiger partial charge on any atom is 0.253 e. The summed E-state index contributed by atoms with van der Waals surface area (Å²) >= 11 is 7.40. The van der Waals surface area contributed by atoms with Crippen LogP contribution in [-0.2, 0) is 13.1 Å². The summed E-state index contributed by atoms with van der Waals surface area (Å²) in [7, 11) is 4.13. The number of H-pyrrole nitrogens is 1. The number of hydrogen-bond donors (Lipinski definition) is 2. The molecule has 5 nitrogen and oxygen atoms in total. The SMILES string of the molecule is Cc1cc(C)c2cc(CN(Cc3cccs3)C(=S)NCCCN(C)C)c(=O)[nH]c2c1. The third kappa shape index (κ3) is 5.90. The van der Waals surface area contributed by atoms with Gasteiger partial charge in [0.15, 0.2) is 5.11 Å². The van der Waals surface area contributed by atoms with Crippen LogP contribution in [0.15, 0.2) is 40.5 Å².